The molecule has 4 nitrogen and oxygen atoms in total. The Hall–Kier alpha value is -1.67. The van der Waals surface area contributed by atoms with E-state index >= 15 is 0 Å². The fourth-order valence-electron chi connectivity index (χ4n) is 1.84. The molecular weight excluding hydrogens is 176 g/mol. The first kappa shape index (κ1) is 8.91. The quantitative estimate of drug-likeness (QED) is 0.411. The molecule has 14 heavy (non-hydrogen) atoms. The predicted molar refractivity (Wildman–Crippen MR) is 56.0 cm³/mol. The van der Waals surface area contributed by atoms with Crippen LogP contribution in [0.1, 0.15) is 18.5 Å². The van der Waals surface area contributed by atoms with Crippen molar-refractivity contribution in [3.63, 3.8) is 0 Å². The van der Waals surface area contributed by atoms with Crippen LogP contribution in [0.2, 0.25) is 0 Å². The zero-order chi connectivity index (χ0) is 9.97. The molecule has 1 heterocycles. The van der Waals surface area contributed by atoms with Gasteiger partial charge in [0.1, 0.15) is 0 Å². The first-order chi connectivity index (χ1) is 6.83. The van der Waals surface area contributed by atoms with Crippen LogP contribution in [-0.4, -0.2) is 6.54 Å². The van der Waals surface area contributed by atoms with Gasteiger partial charge in [0.15, 0.2) is 0 Å². The van der Waals surface area contributed by atoms with Gasteiger partial charge in [-0.3, -0.25) is 0 Å². The summed E-state index contributed by atoms with van der Waals surface area (Å²) < 4.78 is 0. The summed E-state index contributed by atoms with van der Waals surface area (Å²) >= 11 is 0. The van der Waals surface area contributed by atoms with Gasteiger partial charge in [0.25, 0.3) is 0 Å². The van der Waals surface area contributed by atoms with E-state index in [0.717, 1.165) is 17.8 Å². The Morgan fingerprint density at radius 3 is 3.07 bits per heavy atom. The summed E-state index contributed by atoms with van der Waals surface area (Å²) in [5.74, 6) is 0.348. The Morgan fingerprint density at radius 1 is 1.50 bits per heavy atom. The van der Waals surface area contributed by atoms with Crippen molar-refractivity contribution in [3.8, 4) is 0 Å². The molecule has 0 aliphatic carbocycles. The third-order valence-electron chi connectivity index (χ3n) is 2.61. The van der Waals surface area contributed by atoms with E-state index in [1.54, 1.807) is 0 Å². The van der Waals surface area contributed by atoms with E-state index in [-0.39, 0.29) is 6.04 Å². The summed E-state index contributed by atoms with van der Waals surface area (Å²) in [5.41, 5.74) is 10.7. The number of para-hydroxylation sites is 1. The van der Waals surface area contributed by atoms with Crippen molar-refractivity contribution in [1.29, 1.82) is 0 Å². The molecule has 2 atom stereocenters. The lowest BCUT2D eigenvalue weighted by molar-refractivity contribution is 0.477. The Morgan fingerprint density at radius 2 is 2.29 bits per heavy atom. The van der Waals surface area contributed by atoms with E-state index in [0.29, 0.717) is 5.92 Å². The maximum atomic E-state index is 8.50. The van der Waals surface area contributed by atoms with Crippen LogP contribution in [0, 0.1) is 5.92 Å². The molecule has 0 aromatic heterocycles. The average Bonchev–Trinajstić information content (AvgIpc) is 2.23. The summed E-state index contributed by atoms with van der Waals surface area (Å²) in [6.45, 7) is 2.95. The normalized spacial score (nSPS) is 24.4. The van der Waals surface area contributed by atoms with Crippen LogP contribution < -0.4 is 5.32 Å². The van der Waals surface area contributed by atoms with E-state index in [2.05, 4.69) is 22.3 Å². The number of rotatable bonds is 1. The lowest BCUT2D eigenvalue weighted by Gasteiger charge is -2.29. The zero-order valence-electron chi connectivity index (χ0n) is 8.01. The minimum atomic E-state index is -0.0301. The SMILES string of the molecule is CC1CNc2ccccc2C1N=[N+]=[N-]. The monoisotopic (exact) mass is 188 g/mol. The van der Waals surface area contributed by atoms with Crippen LogP contribution in [0.3, 0.4) is 0 Å². The second kappa shape index (κ2) is 3.60. The summed E-state index contributed by atoms with van der Waals surface area (Å²) in [7, 11) is 0. The molecule has 0 fully saturated rings. The van der Waals surface area contributed by atoms with Crippen molar-refractivity contribution < 1.29 is 0 Å². The van der Waals surface area contributed by atoms with Crippen LogP contribution in [0.15, 0.2) is 29.4 Å². The molecule has 0 saturated carbocycles. The number of fused-ring (bicyclic) bond motifs is 1. The van der Waals surface area contributed by atoms with Gasteiger partial charge in [-0.05, 0) is 23.1 Å². The highest BCUT2D eigenvalue weighted by Crippen LogP contribution is 2.35. The fourth-order valence-corrected chi connectivity index (χ4v) is 1.84. The van der Waals surface area contributed by atoms with E-state index < -0.39 is 0 Å². The summed E-state index contributed by atoms with van der Waals surface area (Å²) in [6.07, 6.45) is 0. The van der Waals surface area contributed by atoms with Gasteiger partial charge in [-0.15, -0.1) is 0 Å². The van der Waals surface area contributed by atoms with Crippen molar-refractivity contribution >= 4 is 5.69 Å². The van der Waals surface area contributed by atoms with E-state index in [9.17, 15) is 0 Å². The highest BCUT2D eigenvalue weighted by Gasteiger charge is 2.24. The number of azide groups is 1. The Kier molecular flexibility index (Phi) is 2.29. The number of nitrogens with zero attached hydrogens (tertiary/aromatic N) is 3. The van der Waals surface area contributed by atoms with E-state index in [4.69, 9.17) is 5.53 Å². The zero-order valence-corrected chi connectivity index (χ0v) is 8.01. The minimum absolute atomic E-state index is 0.0301. The fraction of sp³-hybridized carbons (Fsp3) is 0.400. The maximum absolute atomic E-state index is 8.50. The van der Waals surface area contributed by atoms with Gasteiger partial charge in [-0.25, -0.2) is 0 Å². The average molecular weight is 188 g/mol. The predicted octanol–water partition coefficient (Wildman–Crippen LogP) is 3.10. The molecule has 4 heteroatoms. The summed E-state index contributed by atoms with van der Waals surface area (Å²) in [5, 5.41) is 7.16. The molecule has 1 aromatic carbocycles. The minimum Gasteiger partial charge on any atom is -0.385 e. The van der Waals surface area contributed by atoms with Crippen molar-refractivity contribution in [2.24, 2.45) is 11.0 Å². The Balaban J connectivity index is 2.45. The van der Waals surface area contributed by atoms with Gasteiger partial charge in [0.05, 0.1) is 6.04 Å². The molecule has 1 N–H and O–H groups in total. The molecule has 1 aromatic rings. The van der Waals surface area contributed by atoms with Crippen molar-refractivity contribution in [1.82, 2.24) is 0 Å². The maximum Gasteiger partial charge on any atom is 0.0687 e. The molecule has 72 valence electrons. The van der Waals surface area contributed by atoms with E-state index in [1.807, 2.05) is 24.3 Å². The molecule has 2 unspecified atom stereocenters. The van der Waals surface area contributed by atoms with E-state index in [1.165, 1.54) is 0 Å². The molecule has 0 radical (unpaired) electrons. The molecule has 2 rings (SSSR count). The Bertz CT molecular complexity index is 381. The number of hydrogen-bond donors (Lipinski definition) is 1. The van der Waals surface area contributed by atoms with Crippen molar-refractivity contribution in [2.45, 2.75) is 13.0 Å². The second-order valence-electron chi connectivity index (χ2n) is 3.60. The Labute approximate surface area is 82.6 Å². The molecule has 0 bridgehead atoms. The molecule has 0 saturated heterocycles. The van der Waals surface area contributed by atoms with Crippen LogP contribution in [-0.2, 0) is 0 Å². The standard InChI is InChI=1S/C10H12N4/c1-7-6-12-9-5-3-2-4-8(9)10(7)13-14-11/h2-5,7,10,12H,6H2,1H3. The lowest BCUT2D eigenvalue weighted by atomic mass is 9.90. The largest absolute Gasteiger partial charge is 0.385 e. The van der Waals surface area contributed by atoms with Crippen LogP contribution in [0.5, 0.6) is 0 Å². The summed E-state index contributed by atoms with van der Waals surface area (Å²) in [6, 6.07) is 7.95. The lowest BCUT2D eigenvalue weighted by Crippen LogP contribution is -2.24. The second-order valence-corrected chi connectivity index (χ2v) is 3.60. The number of benzene rings is 1. The van der Waals surface area contributed by atoms with Crippen LogP contribution >= 0.6 is 0 Å². The first-order valence-electron chi connectivity index (χ1n) is 4.70. The van der Waals surface area contributed by atoms with Crippen molar-refractivity contribution in [2.75, 3.05) is 11.9 Å². The molecule has 1 aliphatic rings. The number of nitrogens with one attached hydrogen (secondary N) is 1. The topological polar surface area (TPSA) is 60.8 Å². The third kappa shape index (κ3) is 1.40. The first-order valence-corrected chi connectivity index (χ1v) is 4.70. The third-order valence-corrected chi connectivity index (χ3v) is 2.61. The molecule has 0 amide bonds. The van der Waals surface area contributed by atoms with Gasteiger partial charge in [-0.2, -0.15) is 0 Å². The van der Waals surface area contributed by atoms with Crippen molar-refractivity contribution in [3.05, 3.63) is 40.3 Å². The summed E-state index contributed by atoms with van der Waals surface area (Å²) in [4.78, 5) is 2.91. The smallest absolute Gasteiger partial charge is 0.0687 e. The molecular formula is C10H12N4. The molecule has 1 aliphatic heterocycles. The van der Waals surface area contributed by atoms with Crippen LogP contribution in [0.25, 0.3) is 10.4 Å². The van der Waals surface area contributed by atoms with Gasteiger partial charge < -0.3 is 5.32 Å². The van der Waals surface area contributed by atoms with Gasteiger partial charge in [0.2, 0.25) is 0 Å². The highest BCUT2D eigenvalue weighted by atomic mass is 15.2. The highest BCUT2D eigenvalue weighted by molar-refractivity contribution is 5.54. The van der Waals surface area contributed by atoms with Gasteiger partial charge >= 0.3 is 0 Å². The number of anilines is 1. The van der Waals surface area contributed by atoms with Gasteiger partial charge in [0, 0.05) is 17.1 Å². The number of hydrogen-bond acceptors (Lipinski definition) is 2. The van der Waals surface area contributed by atoms with Gasteiger partial charge in [-0.1, -0.05) is 30.2 Å². The van der Waals surface area contributed by atoms with Crippen LogP contribution in [0.4, 0.5) is 5.69 Å². The molecule has 0 spiro atoms.